The molecule has 0 heterocycles. The molecular formula is C14H22GeS. The summed E-state index contributed by atoms with van der Waals surface area (Å²) >= 11 is -1.56. The Morgan fingerprint density at radius 1 is 1.00 bits per heavy atom. The van der Waals surface area contributed by atoms with Gasteiger partial charge in [-0.1, -0.05) is 0 Å². The molecule has 1 aromatic rings. The van der Waals surface area contributed by atoms with E-state index < -0.39 is 12.1 Å². The van der Waals surface area contributed by atoms with Gasteiger partial charge >= 0.3 is 106 Å². The molecule has 0 aliphatic rings. The summed E-state index contributed by atoms with van der Waals surface area (Å²) in [7, 11) is 2.17. The molecule has 0 spiro atoms. The zero-order valence-electron chi connectivity index (χ0n) is 10.6. The molecule has 1 aromatic carbocycles. The van der Waals surface area contributed by atoms with E-state index in [9.17, 15) is 0 Å². The molecule has 0 unspecified atom stereocenters. The van der Waals surface area contributed by atoms with Crippen LogP contribution in [0.2, 0.25) is 15.8 Å². The van der Waals surface area contributed by atoms with Crippen molar-refractivity contribution in [2.24, 2.45) is 0 Å². The van der Waals surface area contributed by atoms with Crippen molar-refractivity contribution in [3.05, 3.63) is 41.3 Å². The van der Waals surface area contributed by atoms with Gasteiger partial charge in [-0.05, 0) is 0 Å². The monoisotopic (exact) mass is 296 g/mol. The van der Waals surface area contributed by atoms with E-state index >= 15 is 0 Å². The van der Waals surface area contributed by atoms with Gasteiger partial charge in [0.15, 0.2) is 0 Å². The summed E-state index contributed by atoms with van der Waals surface area (Å²) in [5, 5.41) is 6.62. The van der Waals surface area contributed by atoms with Gasteiger partial charge in [-0.3, -0.25) is 0 Å². The van der Waals surface area contributed by atoms with Crippen LogP contribution in [0.25, 0.3) is 6.08 Å². The number of hydrogen-bond donors (Lipinski definition) is 0. The zero-order chi connectivity index (χ0) is 11.9. The molecule has 88 valence electrons. The van der Waals surface area contributed by atoms with Crippen LogP contribution < -0.4 is 0 Å². The normalized spacial score (nSPS) is 12.2. The van der Waals surface area contributed by atoms with Crippen LogP contribution in [-0.4, -0.2) is 12.1 Å². The molecule has 0 saturated heterocycles. The van der Waals surface area contributed by atoms with Crippen molar-refractivity contribution in [1.29, 1.82) is 0 Å². The molecule has 0 radical (unpaired) electrons. The molecular weight excluding hydrogens is 273 g/mol. The van der Waals surface area contributed by atoms with Gasteiger partial charge in [0.05, 0.1) is 0 Å². The Morgan fingerprint density at radius 2 is 1.56 bits per heavy atom. The summed E-state index contributed by atoms with van der Waals surface area (Å²) in [6.07, 6.45) is 2.26. The summed E-state index contributed by atoms with van der Waals surface area (Å²) in [5.41, 5.74) is 1.31. The first kappa shape index (κ1) is 13.9. The van der Waals surface area contributed by atoms with Crippen LogP contribution in [0.15, 0.2) is 35.7 Å². The van der Waals surface area contributed by atoms with Crippen LogP contribution in [-0.2, 0) is 0 Å². The van der Waals surface area contributed by atoms with E-state index in [1.54, 1.807) is 0 Å². The predicted molar refractivity (Wildman–Crippen MR) is 80.3 cm³/mol. The quantitative estimate of drug-likeness (QED) is 0.633. The summed E-state index contributed by atoms with van der Waals surface area (Å²) < 4.78 is 0. The van der Waals surface area contributed by atoms with Gasteiger partial charge in [-0.25, -0.2) is 0 Å². The van der Waals surface area contributed by atoms with Crippen molar-refractivity contribution in [1.82, 2.24) is 0 Å². The Bertz CT molecular complexity index is 307. The first-order chi connectivity index (χ1) is 7.76. The molecule has 0 fully saturated rings. The van der Waals surface area contributed by atoms with Crippen LogP contribution in [0.1, 0.15) is 26.3 Å². The molecule has 0 atom stereocenters. The third-order valence-corrected chi connectivity index (χ3v) is 20.7. The van der Waals surface area contributed by atoms with Crippen molar-refractivity contribution in [2.75, 3.05) is 0 Å². The van der Waals surface area contributed by atoms with Crippen molar-refractivity contribution in [3.63, 3.8) is 0 Å². The molecule has 2 heteroatoms. The van der Waals surface area contributed by atoms with E-state index in [0.29, 0.717) is 0 Å². The van der Waals surface area contributed by atoms with E-state index in [0.717, 1.165) is 0 Å². The van der Waals surface area contributed by atoms with Crippen molar-refractivity contribution < 1.29 is 0 Å². The number of rotatable bonds is 6. The van der Waals surface area contributed by atoms with Gasteiger partial charge < -0.3 is 0 Å². The fraction of sp³-hybridized carbons (Fsp3) is 0.429. The number of hydrogen-bond acceptors (Lipinski definition) is 1. The Labute approximate surface area is 106 Å². The van der Waals surface area contributed by atoms with E-state index in [-0.39, 0.29) is 0 Å². The summed E-state index contributed by atoms with van der Waals surface area (Å²) in [5.74, 6) is 0. The van der Waals surface area contributed by atoms with Gasteiger partial charge in [0, 0.05) is 0 Å². The Kier molecular flexibility index (Phi) is 6.29. The third-order valence-electron chi connectivity index (χ3n) is 3.31. The molecule has 0 aliphatic heterocycles. The van der Waals surface area contributed by atoms with Crippen molar-refractivity contribution >= 4 is 28.3 Å². The van der Waals surface area contributed by atoms with Gasteiger partial charge in [0.2, 0.25) is 0 Å². The fourth-order valence-electron chi connectivity index (χ4n) is 1.82. The van der Waals surface area contributed by atoms with Crippen LogP contribution in [0, 0.1) is 0 Å². The summed E-state index contributed by atoms with van der Waals surface area (Å²) in [4.78, 5) is 0. The Morgan fingerprint density at radius 3 is 2.06 bits per heavy atom. The average Bonchev–Trinajstić information content (AvgIpc) is 2.37. The average molecular weight is 295 g/mol. The van der Waals surface area contributed by atoms with Crippen LogP contribution in [0.4, 0.5) is 0 Å². The molecule has 0 N–H and O–H groups in total. The fourth-order valence-corrected chi connectivity index (χ4v) is 11.4. The molecule has 16 heavy (non-hydrogen) atoms. The second-order valence-corrected chi connectivity index (χ2v) is 20.0. The molecule has 0 bridgehead atoms. The van der Waals surface area contributed by atoms with Crippen LogP contribution in [0.5, 0.6) is 0 Å². The molecule has 0 aliphatic carbocycles. The maximum absolute atomic E-state index is 2.37. The Balaban J connectivity index is 2.59. The van der Waals surface area contributed by atoms with Gasteiger partial charge in [-0.2, -0.15) is 0 Å². The van der Waals surface area contributed by atoms with E-state index in [2.05, 4.69) is 72.7 Å². The van der Waals surface area contributed by atoms with Crippen molar-refractivity contribution in [2.45, 2.75) is 36.5 Å². The van der Waals surface area contributed by atoms with E-state index in [1.165, 1.54) is 21.3 Å². The summed E-state index contributed by atoms with van der Waals surface area (Å²) in [6.45, 7) is 7.11. The third kappa shape index (κ3) is 4.02. The maximum atomic E-state index is 2.37. The minimum absolute atomic E-state index is 1.31. The standard InChI is InChI=1S/C14H22GeS/c1-4-15(5-2,6-3)16-13-12-14-10-8-7-9-11-14/h7-13H,4-6H2,1-3H3/b13-12+. The van der Waals surface area contributed by atoms with Gasteiger partial charge in [0.25, 0.3) is 0 Å². The molecule has 0 amide bonds. The molecule has 0 aromatic heterocycles. The second-order valence-electron chi connectivity index (χ2n) is 4.07. The summed E-state index contributed by atoms with van der Waals surface area (Å²) in [6, 6.07) is 10.6. The Hall–Kier alpha value is -0.147. The molecule has 1 rings (SSSR count). The van der Waals surface area contributed by atoms with Gasteiger partial charge in [-0.15, -0.1) is 0 Å². The first-order valence-corrected chi connectivity index (χ1v) is 14.1. The topological polar surface area (TPSA) is 0 Å². The zero-order valence-corrected chi connectivity index (χ0v) is 13.5. The minimum atomic E-state index is -1.56. The second kappa shape index (κ2) is 7.23. The number of benzene rings is 1. The van der Waals surface area contributed by atoms with E-state index in [1.807, 2.05) is 0 Å². The predicted octanol–water partition coefficient (Wildman–Crippen LogP) is 5.40. The van der Waals surface area contributed by atoms with Crippen molar-refractivity contribution in [3.8, 4) is 0 Å². The molecule has 0 nitrogen and oxygen atoms in total. The van der Waals surface area contributed by atoms with E-state index in [4.69, 9.17) is 0 Å². The van der Waals surface area contributed by atoms with Crippen LogP contribution in [0.3, 0.4) is 0 Å². The molecule has 0 saturated carbocycles. The van der Waals surface area contributed by atoms with Gasteiger partial charge in [0.1, 0.15) is 0 Å². The first-order valence-electron chi connectivity index (χ1n) is 6.15. The SMILES string of the molecule is C[CH2][Ge]([CH2]C)([CH2]C)[S]/C=C/c1ccccc1. The van der Waals surface area contributed by atoms with Crippen LogP contribution >= 0.6 is 10.1 Å².